The number of benzene rings is 1. The Hall–Kier alpha value is -1.06. The summed E-state index contributed by atoms with van der Waals surface area (Å²) >= 11 is 5.68. The van der Waals surface area contributed by atoms with Gasteiger partial charge in [0.15, 0.2) is 0 Å². The van der Waals surface area contributed by atoms with Crippen LogP contribution >= 0.6 is 11.6 Å². The first-order valence-corrected chi connectivity index (χ1v) is 5.21. The van der Waals surface area contributed by atoms with Crippen molar-refractivity contribution in [1.82, 2.24) is 0 Å². The number of hydrogen-bond donors (Lipinski definition) is 0. The minimum absolute atomic E-state index is 0.426. The number of rotatable bonds is 5. The lowest BCUT2D eigenvalue weighted by Crippen LogP contribution is -2.06. The van der Waals surface area contributed by atoms with E-state index in [9.17, 15) is 4.79 Å². The van der Waals surface area contributed by atoms with Crippen LogP contribution in [0.3, 0.4) is 0 Å². The van der Waals surface area contributed by atoms with Crippen LogP contribution in [0.5, 0.6) is 0 Å². The first kappa shape index (κ1) is 12.0. The van der Waals surface area contributed by atoms with Crippen molar-refractivity contribution in [2.45, 2.75) is 19.8 Å². The topological polar surface area (TPSA) is 35.5 Å². The van der Waals surface area contributed by atoms with Gasteiger partial charge in [-0.15, -0.1) is 0 Å². The first-order valence-electron chi connectivity index (χ1n) is 4.83. The summed E-state index contributed by atoms with van der Waals surface area (Å²) in [5.74, 6) is -0.497. The molecule has 15 heavy (non-hydrogen) atoms. The van der Waals surface area contributed by atoms with E-state index in [0.717, 1.165) is 12.8 Å². The molecule has 0 bridgehead atoms. The maximum Gasteiger partial charge on any atom is 0.373 e. The zero-order chi connectivity index (χ0) is 11.1. The third-order valence-electron chi connectivity index (χ3n) is 1.80. The molecule has 3 nitrogen and oxygen atoms in total. The minimum atomic E-state index is -0.497. The Balaban J connectivity index is 2.37. The summed E-state index contributed by atoms with van der Waals surface area (Å²) in [4.78, 5) is 20.7. The molecule has 4 heteroatoms. The quantitative estimate of drug-likeness (QED) is 0.441. The van der Waals surface area contributed by atoms with E-state index in [-0.39, 0.29) is 0 Å². The second kappa shape index (κ2) is 6.43. The Bertz CT molecular complexity index is 308. The van der Waals surface area contributed by atoms with E-state index in [1.807, 2.05) is 6.92 Å². The highest BCUT2D eigenvalue weighted by atomic mass is 35.5. The third kappa shape index (κ3) is 4.32. The highest BCUT2D eigenvalue weighted by Gasteiger charge is 2.07. The van der Waals surface area contributed by atoms with Crippen molar-refractivity contribution in [3.05, 3.63) is 34.9 Å². The first-order chi connectivity index (χ1) is 7.24. The van der Waals surface area contributed by atoms with Crippen LogP contribution in [0.2, 0.25) is 5.02 Å². The fourth-order valence-electron chi connectivity index (χ4n) is 0.933. The molecule has 0 spiro atoms. The van der Waals surface area contributed by atoms with Crippen molar-refractivity contribution >= 4 is 17.6 Å². The highest BCUT2D eigenvalue weighted by molar-refractivity contribution is 6.30. The Morgan fingerprint density at radius 2 is 2.00 bits per heavy atom. The Morgan fingerprint density at radius 3 is 2.60 bits per heavy atom. The molecule has 0 aliphatic rings. The molecule has 0 saturated carbocycles. The molecule has 82 valence electrons. The molecule has 0 heterocycles. The number of hydrogen-bond acceptors (Lipinski definition) is 3. The van der Waals surface area contributed by atoms with Crippen LogP contribution in [0.15, 0.2) is 24.3 Å². The van der Waals surface area contributed by atoms with E-state index in [1.165, 1.54) is 0 Å². The van der Waals surface area contributed by atoms with Gasteiger partial charge in [-0.3, -0.25) is 4.89 Å². The van der Waals surface area contributed by atoms with Gasteiger partial charge in [-0.1, -0.05) is 24.9 Å². The van der Waals surface area contributed by atoms with Crippen LogP contribution in [0.4, 0.5) is 0 Å². The van der Waals surface area contributed by atoms with E-state index < -0.39 is 5.97 Å². The molecule has 0 radical (unpaired) electrons. The monoisotopic (exact) mass is 228 g/mol. The molecule has 1 aromatic carbocycles. The van der Waals surface area contributed by atoms with E-state index in [0.29, 0.717) is 17.2 Å². The van der Waals surface area contributed by atoms with E-state index in [4.69, 9.17) is 16.5 Å². The molecule has 0 atom stereocenters. The second-order valence-corrected chi connectivity index (χ2v) is 3.49. The van der Waals surface area contributed by atoms with Gasteiger partial charge in [0.05, 0.1) is 12.2 Å². The van der Waals surface area contributed by atoms with Crippen molar-refractivity contribution in [3.8, 4) is 0 Å². The van der Waals surface area contributed by atoms with Crippen molar-refractivity contribution < 1.29 is 14.6 Å². The average Bonchev–Trinajstić information content (AvgIpc) is 2.25. The normalized spacial score (nSPS) is 10.0. The largest absolute Gasteiger partial charge is 0.373 e. The summed E-state index contributed by atoms with van der Waals surface area (Å²) in [6.45, 7) is 2.46. The van der Waals surface area contributed by atoms with Crippen molar-refractivity contribution in [3.63, 3.8) is 0 Å². The Morgan fingerprint density at radius 1 is 1.33 bits per heavy atom. The van der Waals surface area contributed by atoms with Gasteiger partial charge in [0.1, 0.15) is 0 Å². The van der Waals surface area contributed by atoms with Gasteiger partial charge in [-0.25, -0.2) is 4.79 Å². The van der Waals surface area contributed by atoms with E-state index >= 15 is 0 Å². The summed E-state index contributed by atoms with van der Waals surface area (Å²) in [5, 5.41) is 0.582. The van der Waals surface area contributed by atoms with Crippen LogP contribution in [-0.4, -0.2) is 12.6 Å². The smallest absolute Gasteiger partial charge is 0.293 e. The highest BCUT2D eigenvalue weighted by Crippen LogP contribution is 2.10. The molecule has 0 unspecified atom stereocenters. The van der Waals surface area contributed by atoms with Crippen molar-refractivity contribution in [2.24, 2.45) is 0 Å². The molecule has 0 saturated heterocycles. The van der Waals surface area contributed by atoms with Gasteiger partial charge in [-0.2, -0.15) is 4.89 Å². The van der Waals surface area contributed by atoms with Gasteiger partial charge in [0.25, 0.3) is 0 Å². The zero-order valence-electron chi connectivity index (χ0n) is 8.53. The molecule has 0 aliphatic carbocycles. The predicted octanol–water partition coefficient (Wildman–Crippen LogP) is 3.23. The summed E-state index contributed by atoms with van der Waals surface area (Å²) in [6, 6.07) is 6.44. The minimum Gasteiger partial charge on any atom is -0.293 e. The zero-order valence-corrected chi connectivity index (χ0v) is 9.29. The summed E-state index contributed by atoms with van der Waals surface area (Å²) < 4.78 is 0. The molecule has 0 aromatic heterocycles. The summed E-state index contributed by atoms with van der Waals surface area (Å²) in [6.07, 6.45) is 1.87. The lowest BCUT2D eigenvalue weighted by molar-refractivity contribution is -0.241. The number of carbonyl (C=O) groups excluding carboxylic acids is 1. The van der Waals surface area contributed by atoms with Gasteiger partial charge < -0.3 is 0 Å². The van der Waals surface area contributed by atoms with Crippen molar-refractivity contribution in [2.75, 3.05) is 6.61 Å². The Labute approximate surface area is 93.9 Å². The van der Waals surface area contributed by atoms with Crippen LogP contribution in [0.1, 0.15) is 30.1 Å². The molecule has 0 aliphatic heterocycles. The predicted molar refractivity (Wildman–Crippen MR) is 57.7 cm³/mol. The van der Waals surface area contributed by atoms with Crippen LogP contribution < -0.4 is 0 Å². The van der Waals surface area contributed by atoms with E-state index in [2.05, 4.69) is 4.89 Å². The molecule has 1 rings (SSSR count). The number of halogens is 1. The SMILES string of the molecule is CCCCOOC(=O)c1ccc(Cl)cc1. The lowest BCUT2D eigenvalue weighted by atomic mass is 10.2. The molecule has 0 fully saturated rings. The fourth-order valence-corrected chi connectivity index (χ4v) is 1.06. The van der Waals surface area contributed by atoms with Crippen LogP contribution in [-0.2, 0) is 9.78 Å². The van der Waals surface area contributed by atoms with E-state index in [1.54, 1.807) is 24.3 Å². The number of carbonyl (C=O) groups is 1. The van der Waals surface area contributed by atoms with Crippen LogP contribution in [0.25, 0.3) is 0 Å². The van der Waals surface area contributed by atoms with Crippen molar-refractivity contribution in [1.29, 1.82) is 0 Å². The van der Waals surface area contributed by atoms with Gasteiger partial charge in [0, 0.05) is 5.02 Å². The van der Waals surface area contributed by atoms with Crippen LogP contribution in [0, 0.1) is 0 Å². The summed E-state index contributed by atoms with van der Waals surface area (Å²) in [5.41, 5.74) is 0.427. The number of unbranched alkanes of at least 4 members (excludes halogenated alkanes) is 1. The molecule has 0 amide bonds. The second-order valence-electron chi connectivity index (χ2n) is 3.05. The van der Waals surface area contributed by atoms with Gasteiger partial charge in [-0.05, 0) is 30.7 Å². The molecule has 0 N–H and O–H groups in total. The maximum absolute atomic E-state index is 11.3. The Kier molecular flexibility index (Phi) is 5.15. The third-order valence-corrected chi connectivity index (χ3v) is 2.05. The lowest BCUT2D eigenvalue weighted by Gasteiger charge is -2.02. The summed E-state index contributed by atoms with van der Waals surface area (Å²) in [7, 11) is 0. The molecule has 1 aromatic rings. The average molecular weight is 229 g/mol. The molecular formula is C11H13ClO3. The van der Waals surface area contributed by atoms with Gasteiger partial charge >= 0.3 is 5.97 Å². The standard InChI is InChI=1S/C11H13ClO3/c1-2-3-8-14-15-11(13)9-4-6-10(12)7-5-9/h4-7H,2-3,8H2,1H3. The van der Waals surface area contributed by atoms with Gasteiger partial charge in [0.2, 0.25) is 0 Å². The maximum atomic E-state index is 11.3. The molecular weight excluding hydrogens is 216 g/mol. The fraction of sp³-hybridized carbons (Fsp3) is 0.364.